The first-order valence-electron chi connectivity index (χ1n) is 6.16. The Bertz CT molecular complexity index is 369. The molecule has 0 bridgehead atoms. The molecular formula is C14H18BrFO. The molecule has 3 unspecified atom stereocenters. The summed E-state index contributed by atoms with van der Waals surface area (Å²) in [6, 6.07) is 6.89. The summed E-state index contributed by atoms with van der Waals surface area (Å²) in [6.07, 6.45) is 3.95. The molecule has 0 spiro atoms. The zero-order valence-electron chi connectivity index (χ0n) is 10.0. The van der Waals surface area contributed by atoms with E-state index in [1.165, 1.54) is 6.07 Å². The van der Waals surface area contributed by atoms with Gasteiger partial charge in [0.25, 0.3) is 0 Å². The minimum absolute atomic E-state index is 0.158. The third-order valence-electron chi connectivity index (χ3n) is 3.37. The molecule has 1 nitrogen and oxygen atoms in total. The minimum Gasteiger partial charge on any atom is -0.375 e. The summed E-state index contributed by atoms with van der Waals surface area (Å²) in [5, 5.41) is 0.852. The lowest BCUT2D eigenvalue weighted by molar-refractivity contribution is 0.0479. The van der Waals surface area contributed by atoms with Crippen LogP contribution < -0.4 is 0 Å². The second kappa shape index (κ2) is 5.96. The number of ether oxygens (including phenoxy) is 1. The van der Waals surface area contributed by atoms with Gasteiger partial charge in [-0.3, -0.25) is 0 Å². The Morgan fingerprint density at radius 3 is 2.88 bits per heavy atom. The lowest BCUT2D eigenvalue weighted by Crippen LogP contribution is -2.14. The van der Waals surface area contributed by atoms with Crippen LogP contribution >= 0.6 is 15.9 Å². The van der Waals surface area contributed by atoms with Crippen molar-refractivity contribution in [1.29, 1.82) is 0 Å². The first kappa shape index (κ1) is 13.0. The number of rotatable bonds is 4. The second-order valence-corrected chi connectivity index (χ2v) is 5.44. The van der Waals surface area contributed by atoms with E-state index < -0.39 is 0 Å². The Kier molecular flexibility index (Phi) is 4.57. The molecule has 0 saturated carbocycles. The van der Waals surface area contributed by atoms with E-state index in [4.69, 9.17) is 4.74 Å². The SMILES string of the molecule is CC1CCC(CC(CBr)c2cccc(F)c2)O1. The van der Waals surface area contributed by atoms with Crippen LogP contribution in [-0.2, 0) is 4.74 Å². The van der Waals surface area contributed by atoms with Gasteiger partial charge in [0.05, 0.1) is 12.2 Å². The zero-order chi connectivity index (χ0) is 12.3. The monoisotopic (exact) mass is 300 g/mol. The van der Waals surface area contributed by atoms with Gasteiger partial charge in [0.2, 0.25) is 0 Å². The van der Waals surface area contributed by atoms with Crippen LogP contribution in [0.15, 0.2) is 24.3 Å². The normalized spacial score (nSPS) is 26.1. The summed E-state index contributed by atoms with van der Waals surface area (Å²) >= 11 is 3.52. The van der Waals surface area contributed by atoms with Crippen LogP contribution in [0.2, 0.25) is 0 Å². The van der Waals surface area contributed by atoms with Crippen molar-refractivity contribution >= 4 is 15.9 Å². The number of benzene rings is 1. The van der Waals surface area contributed by atoms with E-state index in [9.17, 15) is 4.39 Å². The second-order valence-electron chi connectivity index (χ2n) is 4.79. The fraction of sp³-hybridized carbons (Fsp3) is 0.571. The van der Waals surface area contributed by atoms with Crippen LogP contribution in [-0.4, -0.2) is 17.5 Å². The van der Waals surface area contributed by atoms with Gasteiger partial charge in [0.1, 0.15) is 5.82 Å². The molecule has 1 fully saturated rings. The Balaban J connectivity index is 2.01. The van der Waals surface area contributed by atoms with E-state index in [1.807, 2.05) is 6.07 Å². The van der Waals surface area contributed by atoms with Gasteiger partial charge in [-0.25, -0.2) is 4.39 Å². The van der Waals surface area contributed by atoms with Crippen LogP contribution in [0.5, 0.6) is 0 Å². The van der Waals surface area contributed by atoms with Crippen molar-refractivity contribution in [2.75, 3.05) is 5.33 Å². The molecule has 0 amide bonds. The molecule has 1 aliphatic heterocycles. The van der Waals surface area contributed by atoms with Gasteiger partial charge in [-0.05, 0) is 49.8 Å². The van der Waals surface area contributed by atoms with Crippen molar-refractivity contribution in [3.63, 3.8) is 0 Å². The standard InChI is InChI=1S/C14H18BrFO/c1-10-5-6-14(17-10)8-12(9-15)11-3-2-4-13(16)7-11/h2-4,7,10,12,14H,5-6,8-9H2,1H3. The van der Waals surface area contributed by atoms with Crippen molar-refractivity contribution in [2.45, 2.75) is 44.3 Å². The maximum atomic E-state index is 13.2. The Morgan fingerprint density at radius 1 is 1.47 bits per heavy atom. The molecule has 0 aromatic heterocycles. The van der Waals surface area contributed by atoms with Crippen LogP contribution in [0.4, 0.5) is 4.39 Å². The summed E-state index contributed by atoms with van der Waals surface area (Å²) in [6.45, 7) is 2.12. The lowest BCUT2D eigenvalue weighted by Gasteiger charge is -2.19. The molecule has 1 aromatic carbocycles. The van der Waals surface area contributed by atoms with Gasteiger partial charge in [-0.1, -0.05) is 28.1 Å². The van der Waals surface area contributed by atoms with E-state index in [-0.39, 0.29) is 5.82 Å². The average Bonchev–Trinajstić information content (AvgIpc) is 2.72. The number of alkyl halides is 1. The smallest absolute Gasteiger partial charge is 0.123 e. The van der Waals surface area contributed by atoms with Gasteiger partial charge in [0, 0.05) is 5.33 Å². The average molecular weight is 301 g/mol. The van der Waals surface area contributed by atoms with E-state index in [2.05, 4.69) is 22.9 Å². The first-order valence-corrected chi connectivity index (χ1v) is 7.28. The molecule has 1 aromatic rings. The maximum Gasteiger partial charge on any atom is 0.123 e. The van der Waals surface area contributed by atoms with E-state index in [1.54, 1.807) is 12.1 Å². The molecule has 94 valence electrons. The fourth-order valence-corrected chi connectivity index (χ4v) is 3.06. The van der Waals surface area contributed by atoms with Crippen LogP contribution in [0.1, 0.15) is 37.7 Å². The summed E-state index contributed by atoms with van der Waals surface area (Å²) in [5.41, 5.74) is 1.06. The molecule has 3 atom stereocenters. The lowest BCUT2D eigenvalue weighted by atomic mass is 9.94. The van der Waals surface area contributed by atoms with Crippen LogP contribution in [0, 0.1) is 5.82 Å². The molecular weight excluding hydrogens is 283 g/mol. The Morgan fingerprint density at radius 2 is 2.29 bits per heavy atom. The van der Waals surface area contributed by atoms with Crippen LogP contribution in [0.25, 0.3) is 0 Å². The highest BCUT2D eigenvalue weighted by Crippen LogP contribution is 2.30. The van der Waals surface area contributed by atoms with E-state index in [0.29, 0.717) is 18.1 Å². The largest absolute Gasteiger partial charge is 0.375 e. The molecule has 1 aliphatic rings. The highest BCUT2D eigenvalue weighted by atomic mass is 79.9. The van der Waals surface area contributed by atoms with Crippen LogP contribution in [0.3, 0.4) is 0 Å². The third kappa shape index (κ3) is 3.52. The first-order chi connectivity index (χ1) is 8.19. The topological polar surface area (TPSA) is 9.23 Å². The molecule has 0 radical (unpaired) electrons. The third-order valence-corrected chi connectivity index (χ3v) is 4.16. The quantitative estimate of drug-likeness (QED) is 0.755. The molecule has 0 aliphatic carbocycles. The molecule has 0 N–H and O–H groups in total. The maximum absolute atomic E-state index is 13.2. The van der Waals surface area contributed by atoms with Gasteiger partial charge in [0.15, 0.2) is 0 Å². The summed E-state index contributed by atoms with van der Waals surface area (Å²) in [4.78, 5) is 0. The van der Waals surface area contributed by atoms with Crippen molar-refractivity contribution in [3.05, 3.63) is 35.6 Å². The van der Waals surface area contributed by atoms with Gasteiger partial charge >= 0.3 is 0 Å². The molecule has 2 rings (SSSR count). The molecule has 3 heteroatoms. The predicted octanol–water partition coefficient (Wildman–Crippen LogP) is 4.26. The summed E-state index contributed by atoms with van der Waals surface area (Å²) in [7, 11) is 0. The van der Waals surface area contributed by atoms with Crippen molar-refractivity contribution in [1.82, 2.24) is 0 Å². The van der Waals surface area contributed by atoms with Gasteiger partial charge in [-0.2, -0.15) is 0 Å². The zero-order valence-corrected chi connectivity index (χ0v) is 11.6. The summed E-state index contributed by atoms with van der Waals surface area (Å²) < 4.78 is 19.0. The number of hydrogen-bond acceptors (Lipinski definition) is 1. The van der Waals surface area contributed by atoms with E-state index >= 15 is 0 Å². The highest BCUT2D eigenvalue weighted by Gasteiger charge is 2.25. The fourth-order valence-electron chi connectivity index (χ4n) is 2.42. The van der Waals surface area contributed by atoms with Crippen molar-refractivity contribution in [2.24, 2.45) is 0 Å². The van der Waals surface area contributed by atoms with Gasteiger partial charge < -0.3 is 4.74 Å². The molecule has 1 saturated heterocycles. The van der Waals surface area contributed by atoms with Crippen molar-refractivity contribution < 1.29 is 9.13 Å². The summed E-state index contributed by atoms with van der Waals surface area (Å²) in [5.74, 6) is 0.176. The Hall–Kier alpha value is -0.410. The van der Waals surface area contributed by atoms with E-state index in [0.717, 1.165) is 30.2 Å². The predicted molar refractivity (Wildman–Crippen MR) is 71.1 cm³/mol. The number of halogens is 2. The Labute approximate surface area is 110 Å². The van der Waals surface area contributed by atoms with Crippen molar-refractivity contribution in [3.8, 4) is 0 Å². The number of hydrogen-bond donors (Lipinski definition) is 0. The molecule has 1 heterocycles. The molecule has 17 heavy (non-hydrogen) atoms. The highest BCUT2D eigenvalue weighted by molar-refractivity contribution is 9.09. The van der Waals surface area contributed by atoms with Gasteiger partial charge in [-0.15, -0.1) is 0 Å². The minimum atomic E-state index is -0.158.